The van der Waals surface area contributed by atoms with E-state index >= 15 is 0 Å². The molecule has 1 fully saturated rings. The molecule has 1 atom stereocenters. The molecule has 0 bridgehead atoms. The number of rotatable bonds is 2. The van der Waals surface area contributed by atoms with Gasteiger partial charge in [-0.2, -0.15) is 0 Å². The Labute approximate surface area is 107 Å². The van der Waals surface area contributed by atoms with Gasteiger partial charge in [0.25, 0.3) is 0 Å². The standard InChI is InChI=1S/C12H18N2O3S/c1-18(16,17)10-4-5-12(11(13)7-10)14-6-2-3-9(15)8-14/h4-5,7,9,15H,2-3,6,8,13H2,1H3/t9-/m1/s1. The predicted molar refractivity (Wildman–Crippen MR) is 71.4 cm³/mol. The number of anilines is 2. The second kappa shape index (κ2) is 4.78. The number of β-amino-alcohol motifs (C(OH)–C–C–N with tert-alkyl or cyclic N) is 1. The van der Waals surface area contributed by atoms with E-state index in [0.717, 1.165) is 31.3 Å². The Morgan fingerprint density at radius 3 is 2.72 bits per heavy atom. The summed E-state index contributed by atoms with van der Waals surface area (Å²) in [5.41, 5.74) is 7.14. The van der Waals surface area contributed by atoms with Crippen LogP contribution in [0.3, 0.4) is 0 Å². The number of nitrogens with zero attached hydrogens (tertiary/aromatic N) is 1. The molecule has 6 heteroatoms. The lowest BCUT2D eigenvalue weighted by Gasteiger charge is -2.32. The van der Waals surface area contributed by atoms with Crippen LogP contribution in [0.1, 0.15) is 12.8 Å². The minimum atomic E-state index is -3.23. The average molecular weight is 270 g/mol. The van der Waals surface area contributed by atoms with Crippen LogP contribution in [0.5, 0.6) is 0 Å². The number of aliphatic hydroxyl groups excluding tert-OH is 1. The molecule has 0 unspecified atom stereocenters. The summed E-state index contributed by atoms with van der Waals surface area (Å²) in [5.74, 6) is 0. The molecular formula is C12H18N2O3S. The molecule has 0 aliphatic carbocycles. The highest BCUT2D eigenvalue weighted by molar-refractivity contribution is 7.90. The number of piperidine rings is 1. The number of hydrogen-bond donors (Lipinski definition) is 2. The van der Waals surface area contributed by atoms with E-state index in [1.807, 2.05) is 4.90 Å². The van der Waals surface area contributed by atoms with E-state index in [-0.39, 0.29) is 11.0 Å². The zero-order valence-corrected chi connectivity index (χ0v) is 11.2. The van der Waals surface area contributed by atoms with E-state index in [9.17, 15) is 13.5 Å². The molecule has 0 aromatic heterocycles. The van der Waals surface area contributed by atoms with Crippen molar-refractivity contribution in [1.29, 1.82) is 0 Å². The molecule has 0 spiro atoms. The van der Waals surface area contributed by atoms with Crippen LogP contribution in [0.25, 0.3) is 0 Å². The molecule has 1 aromatic rings. The molecule has 1 aliphatic heterocycles. The number of sulfone groups is 1. The van der Waals surface area contributed by atoms with Crippen LogP contribution < -0.4 is 10.6 Å². The maximum Gasteiger partial charge on any atom is 0.175 e. The fourth-order valence-corrected chi connectivity index (χ4v) is 2.88. The first-order chi connectivity index (χ1) is 8.38. The third-order valence-corrected chi connectivity index (χ3v) is 4.27. The second-order valence-corrected chi connectivity index (χ2v) is 6.75. The fourth-order valence-electron chi connectivity index (χ4n) is 2.22. The zero-order chi connectivity index (χ0) is 13.3. The van der Waals surface area contributed by atoms with Crippen molar-refractivity contribution < 1.29 is 13.5 Å². The molecule has 1 aromatic carbocycles. The quantitative estimate of drug-likeness (QED) is 0.770. The van der Waals surface area contributed by atoms with Gasteiger partial charge in [-0.15, -0.1) is 0 Å². The number of hydrogen-bond acceptors (Lipinski definition) is 5. The van der Waals surface area contributed by atoms with Gasteiger partial charge in [0, 0.05) is 19.3 Å². The van der Waals surface area contributed by atoms with Gasteiger partial charge in [0.2, 0.25) is 0 Å². The van der Waals surface area contributed by atoms with E-state index in [2.05, 4.69) is 0 Å². The van der Waals surface area contributed by atoms with E-state index in [1.165, 1.54) is 6.07 Å². The van der Waals surface area contributed by atoms with Crippen molar-refractivity contribution in [2.75, 3.05) is 30.0 Å². The van der Waals surface area contributed by atoms with Crippen molar-refractivity contribution >= 4 is 21.2 Å². The molecule has 2 rings (SSSR count). The lowest BCUT2D eigenvalue weighted by Crippen LogP contribution is -2.38. The van der Waals surface area contributed by atoms with Crippen molar-refractivity contribution in [2.45, 2.75) is 23.8 Å². The summed E-state index contributed by atoms with van der Waals surface area (Å²) in [6.07, 6.45) is 2.53. The predicted octanol–water partition coefficient (Wildman–Crippen LogP) is 0.633. The summed E-state index contributed by atoms with van der Waals surface area (Å²) in [5, 5.41) is 9.64. The minimum Gasteiger partial charge on any atom is -0.397 e. The lowest BCUT2D eigenvalue weighted by molar-refractivity contribution is 0.154. The zero-order valence-electron chi connectivity index (χ0n) is 10.3. The van der Waals surface area contributed by atoms with Crippen LogP contribution in [-0.4, -0.2) is 39.0 Å². The first-order valence-electron chi connectivity index (χ1n) is 5.90. The van der Waals surface area contributed by atoms with Crippen LogP contribution in [0, 0.1) is 0 Å². The summed E-state index contributed by atoms with van der Waals surface area (Å²) in [6, 6.07) is 4.75. The van der Waals surface area contributed by atoms with Gasteiger partial charge < -0.3 is 15.7 Å². The second-order valence-electron chi connectivity index (χ2n) is 4.73. The third kappa shape index (κ3) is 2.76. The fraction of sp³-hybridized carbons (Fsp3) is 0.500. The number of aliphatic hydroxyl groups is 1. The molecule has 3 N–H and O–H groups in total. The SMILES string of the molecule is CS(=O)(=O)c1ccc(N2CCC[C@@H](O)C2)c(N)c1. The molecule has 1 aliphatic rings. The Hall–Kier alpha value is -1.27. The van der Waals surface area contributed by atoms with E-state index in [1.54, 1.807) is 12.1 Å². The molecule has 5 nitrogen and oxygen atoms in total. The summed E-state index contributed by atoms with van der Waals surface area (Å²) in [6.45, 7) is 1.38. The summed E-state index contributed by atoms with van der Waals surface area (Å²) >= 11 is 0. The first kappa shape index (κ1) is 13.2. The number of nitrogens with two attached hydrogens (primary N) is 1. The maximum atomic E-state index is 11.4. The topological polar surface area (TPSA) is 83.6 Å². The van der Waals surface area contributed by atoms with Crippen molar-refractivity contribution in [3.8, 4) is 0 Å². The van der Waals surface area contributed by atoms with Gasteiger partial charge in [0.15, 0.2) is 9.84 Å². The molecule has 0 radical (unpaired) electrons. The smallest absolute Gasteiger partial charge is 0.175 e. The highest BCUT2D eigenvalue weighted by Gasteiger charge is 2.20. The van der Waals surface area contributed by atoms with Crippen LogP contribution >= 0.6 is 0 Å². The van der Waals surface area contributed by atoms with Crippen molar-refractivity contribution in [1.82, 2.24) is 0 Å². The summed E-state index contributed by atoms with van der Waals surface area (Å²) in [4.78, 5) is 2.22. The van der Waals surface area contributed by atoms with Gasteiger partial charge in [-0.1, -0.05) is 0 Å². The number of nitrogen functional groups attached to an aromatic ring is 1. The van der Waals surface area contributed by atoms with Crippen molar-refractivity contribution in [3.63, 3.8) is 0 Å². The van der Waals surface area contributed by atoms with Crippen molar-refractivity contribution in [3.05, 3.63) is 18.2 Å². The summed E-state index contributed by atoms with van der Waals surface area (Å²) < 4.78 is 22.8. The average Bonchev–Trinajstić information content (AvgIpc) is 2.27. The van der Waals surface area contributed by atoms with Crippen molar-refractivity contribution in [2.24, 2.45) is 0 Å². The molecule has 0 amide bonds. The Morgan fingerprint density at radius 1 is 1.44 bits per heavy atom. The maximum absolute atomic E-state index is 11.4. The van der Waals surface area contributed by atoms with E-state index in [0.29, 0.717) is 12.2 Å². The third-order valence-electron chi connectivity index (χ3n) is 3.16. The van der Waals surface area contributed by atoms with Crippen LogP contribution in [0.2, 0.25) is 0 Å². The Balaban J connectivity index is 2.30. The van der Waals surface area contributed by atoms with Gasteiger partial charge in [-0.25, -0.2) is 8.42 Å². The molecular weight excluding hydrogens is 252 g/mol. The molecule has 1 heterocycles. The first-order valence-corrected chi connectivity index (χ1v) is 7.79. The normalized spacial score (nSPS) is 21.0. The highest BCUT2D eigenvalue weighted by atomic mass is 32.2. The van der Waals surface area contributed by atoms with E-state index in [4.69, 9.17) is 5.73 Å². The van der Waals surface area contributed by atoms with Gasteiger partial charge in [-0.3, -0.25) is 0 Å². The Morgan fingerprint density at radius 2 is 2.17 bits per heavy atom. The van der Waals surface area contributed by atoms with Crippen LogP contribution in [0.4, 0.5) is 11.4 Å². The van der Waals surface area contributed by atoms with Crippen LogP contribution in [-0.2, 0) is 9.84 Å². The minimum absolute atomic E-state index is 0.223. The highest BCUT2D eigenvalue weighted by Crippen LogP contribution is 2.28. The monoisotopic (exact) mass is 270 g/mol. The Bertz CT molecular complexity index is 542. The lowest BCUT2D eigenvalue weighted by atomic mass is 10.1. The van der Waals surface area contributed by atoms with Gasteiger partial charge >= 0.3 is 0 Å². The van der Waals surface area contributed by atoms with Gasteiger partial charge in [0.05, 0.1) is 22.4 Å². The molecule has 1 saturated heterocycles. The van der Waals surface area contributed by atoms with E-state index < -0.39 is 9.84 Å². The molecule has 0 saturated carbocycles. The molecule has 18 heavy (non-hydrogen) atoms. The van der Waals surface area contributed by atoms with Crippen LogP contribution in [0.15, 0.2) is 23.1 Å². The number of benzene rings is 1. The summed E-state index contributed by atoms with van der Waals surface area (Å²) in [7, 11) is -3.23. The largest absolute Gasteiger partial charge is 0.397 e. The van der Waals surface area contributed by atoms with Gasteiger partial charge in [-0.05, 0) is 31.0 Å². The Kier molecular flexibility index (Phi) is 3.49. The molecule has 100 valence electrons. The van der Waals surface area contributed by atoms with Gasteiger partial charge in [0.1, 0.15) is 0 Å².